The zero-order valence-electron chi connectivity index (χ0n) is 8.89. The summed E-state index contributed by atoms with van der Waals surface area (Å²) in [6.07, 6.45) is 2.76. The maximum Gasteiger partial charge on any atom is 0.123 e. The molecule has 3 heteroatoms. The third-order valence-corrected chi connectivity index (χ3v) is 1.91. The molecule has 0 spiro atoms. The highest BCUT2D eigenvalue weighted by Gasteiger charge is 2.18. The van der Waals surface area contributed by atoms with Crippen LogP contribution in [0.3, 0.4) is 0 Å². The van der Waals surface area contributed by atoms with Gasteiger partial charge in [0.1, 0.15) is 5.82 Å². The van der Waals surface area contributed by atoms with Crippen molar-refractivity contribution < 1.29 is 0 Å². The monoisotopic (exact) mass is 181 g/mol. The van der Waals surface area contributed by atoms with Gasteiger partial charge in [0.25, 0.3) is 0 Å². The summed E-state index contributed by atoms with van der Waals surface area (Å²) in [5.41, 5.74) is 7.32. The van der Waals surface area contributed by atoms with Crippen LogP contribution in [0.25, 0.3) is 0 Å². The summed E-state index contributed by atoms with van der Waals surface area (Å²) < 4.78 is 0. The Morgan fingerprint density at radius 1 is 1.54 bits per heavy atom. The smallest absolute Gasteiger partial charge is 0.123 e. The average molecular weight is 181 g/mol. The van der Waals surface area contributed by atoms with Crippen LogP contribution in [0.15, 0.2) is 6.20 Å². The number of hydrogen-bond donors (Lipinski definition) is 2. The number of rotatable bonds is 2. The van der Waals surface area contributed by atoms with E-state index < -0.39 is 0 Å². The molecule has 0 saturated heterocycles. The van der Waals surface area contributed by atoms with Gasteiger partial charge < -0.3 is 10.7 Å². The van der Waals surface area contributed by atoms with E-state index in [4.69, 9.17) is 5.73 Å². The van der Waals surface area contributed by atoms with Gasteiger partial charge in [-0.15, -0.1) is 0 Å². The second-order valence-electron chi connectivity index (χ2n) is 4.82. The molecular weight excluding hydrogens is 162 g/mol. The van der Waals surface area contributed by atoms with Crippen molar-refractivity contribution in [1.29, 1.82) is 0 Å². The lowest BCUT2D eigenvalue weighted by atomic mass is 9.88. The quantitative estimate of drug-likeness (QED) is 0.734. The molecule has 1 aromatic heterocycles. The van der Waals surface area contributed by atoms with E-state index in [9.17, 15) is 0 Å². The van der Waals surface area contributed by atoms with Gasteiger partial charge in [0.05, 0.1) is 6.04 Å². The lowest BCUT2D eigenvalue weighted by Gasteiger charge is -2.21. The molecule has 0 aliphatic carbocycles. The van der Waals surface area contributed by atoms with Crippen LogP contribution in [0.5, 0.6) is 0 Å². The summed E-state index contributed by atoms with van der Waals surface area (Å²) in [6.45, 7) is 8.54. The first-order valence-corrected chi connectivity index (χ1v) is 4.65. The predicted molar refractivity (Wildman–Crippen MR) is 54.3 cm³/mol. The SMILES string of the molecule is Cc1cnc(C(N)CC(C)(C)C)[nH]1. The van der Waals surface area contributed by atoms with Crippen molar-refractivity contribution in [2.45, 2.75) is 40.2 Å². The Hall–Kier alpha value is -0.830. The molecule has 0 bridgehead atoms. The molecule has 0 aliphatic heterocycles. The van der Waals surface area contributed by atoms with Crippen LogP contribution in [0.4, 0.5) is 0 Å². The molecule has 3 N–H and O–H groups in total. The Morgan fingerprint density at radius 3 is 2.54 bits per heavy atom. The van der Waals surface area contributed by atoms with Gasteiger partial charge in [0, 0.05) is 11.9 Å². The first-order chi connectivity index (χ1) is 5.88. The molecule has 0 fully saturated rings. The van der Waals surface area contributed by atoms with E-state index in [0.717, 1.165) is 17.9 Å². The van der Waals surface area contributed by atoms with Gasteiger partial charge in [-0.25, -0.2) is 4.98 Å². The van der Waals surface area contributed by atoms with E-state index in [1.54, 1.807) is 0 Å². The molecule has 0 radical (unpaired) electrons. The fraction of sp³-hybridized carbons (Fsp3) is 0.700. The van der Waals surface area contributed by atoms with Crippen LogP contribution in [-0.4, -0.2) is 9.97 Å². The highest BCUT2D eigenvalue weighted by atomic mass is 14.9. The van der Waals surface area contributed by atoms with E-state index in [-0.39, 0.29) is 11.5 Å². The second kappa shape index (κ2) is 3.50. The van der Waals surface area contributed by atoms with Crippen LogP contribution in [0, 0.1) is 12.3 Å². The van der Waals surface area contributed by atoms with E-state index >= 15 is 0 Å². The summed E-state index contributed by atoms with van der Waals surface area (Å²) in [5.74, 6) is 0.896. The molecule has 0 aromatic carbocycles. The van der Waals surface area contributed by atoms with Crippen molar-refractivity contribution in [2.24, 2.45) is 11.1 Å². The second-order valence-corrected chi connectivity index (χ2v) is 4.82. The van der Waals surface area contributed by atoms with Crippen molar-refractivity contribution in [3.05, 3.63) is 17.7 Å². The van der Waals surface area contributed by atoms with Gasteiger partial charge in [0.15, 0.2) is 0 Å². The molecule has 0 aliphatic rings. The number of aromatic nitrogens is 2. The Kier molecular flexibility index (Phi) is 2.76. The Labute approximate surface area is 79.8 Å². The molecule has 1 heterocycles. The molecule has 1 rings (SSSR count). The van der Waals surface area contributed by atoms with Crippen LogP contribution in [-0.2, 0) is 0 Å². The number of imidazole rings is 1. The van der Waals surface area contributed by atoms with Crippen LogP contribution >= 0.6 is 0 Å². The normalized spacial score (nSPS) is 14.5. The molecule has 0 amide bonds. The Balaban J connectivity index is 2.64. The zero-order valence-corrected chi connectivity index (χ0v) is 8.89. The van der Waals surface area contributed by atoms with E-state index in [2.05, 4.69) is 30.7 Å². The standard InChI is InChI=1S/C10H19N3/c1-7-6-12-9(13-7)8(11)5-10(2,3)4/h6,8H,5,11H2,1-4H3,(H,12,13). The third-order valence-electron chi connectivity index (χ3n) is 1.91. The summed E-state index contributed by atoms with van der Waals surface area (Å²) >= 11 is 0. The Bertz CT molecular complexity index is 270. The summed E-state index contributed by atoms with van der Waals surface area (Å²) in [7, 11) is 0. The molecule has 1 aromatic rings. The van der Waals surface area contributed by atoms with Gasteiger partial charge in [-0.2, -0.15) is 0 Å². The van der Waals surface area contributed by atoms with Crippen LogP contribution in [0.2, 0.25) is 0 Å². The summed E-state index contributed by atoms with van der Waals surface area (Å²) in [6, 6.07) is 0.0219. The first kappa shape index (κ1) is 10.3. The lowest BCUT2D eigenvalue weighted by molar-refractivity contribution is 0.337. The Morgan fingerprint density at radius 2 is 2.15 bits per heavy atom. The third kappa shape index (κ3) is 3.19. The highest BCUT2D eigenvalue weighted by Crippen LogP contribution is 2.26. The summed E-state index contributed by atoms with van der Waals surface area (Å²) in [5, 5.41) is 0. The summed E-state index contributed by atoms with van der Waals surface area (Å²) in [4.78, 5) is 7.38. The maximum atomic E-state index is 6.00. The number of aryl methyl sites for hydroxylation is 1. The molecule has 1 atom stereocenters. The number of nitrogens with two attached hydrogens (primary N) is 1. The predicted octanol–water partition coefficient (Wildman–Crippen LogP) is 2.15. The van der Waals surface area contributed by atoms with Crippen molar-refractivity contribution in [2.75, 3.05) is 0 Å². The number of nitrogens with zero attached hydrogens (tertiary/aromatic N) is 1. The van der Waals surface area contributed by atoms with E-state index in [1.165, 1.54) is 0 Å². The molecule has 3 nitrogen and oxygen atoms in total. The molecule has 0 saturated carbocycles. The number of hydrogen-bond acceptors (Lipinski definition) is 2. The minimum Gasteiger partial charge on any atom is -0.345 e. The van der Waals surface area contributed by atoms with Crippen LogP contribution in [0.1, 0.15) is 44.8 Å². The largest absolute Gasteiger partial charge is 0.345 e. The van der Waals surface area contributed by atoms with E-state index in [0.29, 0.717) is 0 Å². The fourth-order valence-corrected chi connectivity index (χ4v) is 1.38. The maximum absolute atomic E-state index is 6.00. The fourth-order valence-electron chi connectivity index (χ4n) is 1.38. The van der Waals surface area contributed by atoms with Crippen molar-refractivity contribution in [3.8, 4) is 0 Å². The lowest BCUT2D eigenvalue weighted by Crippen LogP contribution is -2.19. The topological polar surface area (TPSA) is 54.7 Å². The minimum atomic E-state index is 0.0219. The minimum absolute atomic E-state index is 0.0219. The van der Waals surface area contributed by atoms with Crippen molar-refractivity contribution >= 4 is 0 Å². The van der Waals surface area contributed by atoms with Gasteiger partial charge in [-0.1, -0.05) is 20.8 Å². The van der Waals surface area contributed by atoms with Gasteiger partial charge in [0.2, 0.25) is 0 Å². The highest BCUT2D eigenvalue weighted by molar-refractivity contribution is 5.02. The van der Waals surface area contributed by atoms with E-state index in [1.807, 2.05) is 13.1 Å². The van der Waals surface area contributed by atoms with Crippen LogP contribution < -0.4 is 5.73 Å². The molecular formula is C10H19N3. The molecule has 74 valence electrons. The number of aromatic amines is 1. The van der Waals surface area contributed by atoms with Gasteiger partial charge in [-0.05, 0) is 18.8 Å². The average Bonchev–Trinajstić information content (AvgIpc) is 2.31. The van der Waals surface area contributed by atoms with Crippen molar-refractivity contribution in [3.63, 3.8) is 0 Å². The first-order valence-electron chi connectivity index (χ1n) is 4.65. The zero-order chi connectivity index (χ0) is 10.1. The number of nitrogens with one attached hydrogen (secondary N) is 1. The van der Waals surface area contributed by atoms with Crippen molar-refractivity contribution in [1.82, 2.24) is 9.97 Å². The van der Waals surface area contributed by atoms with Gasteiger partial charge in [-0.3, -0.25) is 0 Å². The number of H-pyrrole nitrogens is 1. The van der Waals surface area contributed by atoms with Gasteiger partial charge >= 0.3 is 0 Å². The molecule has 1 unspecified atom stereocenters. The molecule has 13 heavy (non-hydrogen) atoms.